The second-order valence-corrected chi connectivity index (χ2v) is 4.09. The van der Waals surface area contributed by atoms with Crippen molar-refractivity contribution in [3.63, 3.8) is 0 Å². The van der Waals surface area contributed by atoms with Gasteiger partial charge in [0.1, 0.15) is 0 Å². The number of rotatable bonds is 3. The molecule has 1 fully saturated rings. The van der Waals surface area contributed by atoms with Crippen molar-refractivity contribution in [1.29, 1.82) is 0 Å². The van der Waals surface area contributed by atoms with Crippen LogP contribution in [-0.4, -0.2) is 18.0 Å². The molecule has 0 aliphatic heterocycles. The van der Waals surface area contributed by atoms with E-state index in [9.17, 15) is 4.79 Å². The smallest absolute Gasteiger partial charge is 0.222 e. The second kappa shape index (κ2) is 3.44. The van der Waals surface area contributed by atoms with Crippen LogP contribution in [-0.2, 0) is 4.79 Å². The van der Waals surface area contributed by atoms with Crippen molar-refractivity contribution in [1.82, 2.24) is 5.32 Å². The van der Waals surface area contributed by atoms with E-state index in [1.54, 1.807) is 0 Å². The van der Waals surface area contributed by atoms with Crippen LogP contribution in [0.3, 0.4) is 0 Å². The summed E-state index contributed by atoms with van der Waals surface area (Å²) in [6.45, 7) is 4.42. The SMILES string of the molecule is CC(C)C(=O)NCC1(N)CCC1. The molecule has 3 heteroatoms. The maximum absolute atomic E-state index is 11.2. The van der Waals surface area contributed by atoms with Crippen molar-refractivity contribution in [2.24, 2.45) is 11.7 Å². The number of amides is 1. The van der Waals surface area contributed by atoms with E-state index < -0.39 is 0 Å². The van der Waals surface area contributed by atoms with Crippen molar-refractivity contribution in [2.45, 2.75) is 38.6 Å². The summed E-state index contributed by atoms with van der Waals surface area (Å²) in [7, 11) is 0. The topological polar surface area (TPSA) is 55.1 Å². The summed E-state index contributed by atoms with van der Waals surface area (Å²) in [5.41, 5.74) is 5.84. The molecule has 0 bridgehead atoms. The number of hydrogen-bond donors (Lipinski definition) is 2. The Hall–Kier alpha value is -0.570. The van der Waals surface area contributed by atoms with Crippen molar-refractivity contribution in [2.75, 3.05) is 6.54 Å². The van der Waals surface area contributed by atoms with E-state index in [1.807, 2.05) is 13.8 Å². The summed E-state index contributed by atoms with van der Waals surface area (Å²) in [6.07, 6.45) is 3.30. The lowest BCUT2D eigenvalue weighted by molar-refractivity contribution is -0.124. The maximum Gasteiger partial charge on any atom is 0.222 e. The Labute approximate surface area is 73.7 Å². The number of nitrogens with one attached hydrogen (secondary N) is 1. The minimum atomic E-state index is -0.0927. The van der Waals surface area contributed by atoms with Crippen LogP contribution >= 0.6 is 0 Å². The molecule has 0 saturated heterocycles. The van der Waals surface area contributed by atoms with Crippen LogP contribution in [0.15, 0.2) is 0 Å². The van der Waals surface area contributed by atoms with E-state index in [1.165, 1.54) is 6.42 Å². The number of carbonyl (C=O) groups is 1. The van der Waals surface area contributed by atoms with E-state index in [0.717, 1.165) is 12.8 Å². The van der Waals surface area contributed by atoms with Gasteiger partial charge in [-0.15, -0.1) is 0 Å². The Morgan fingerprint density at radius 2 is 2.17 bits per heavy atom. The van der Waals surface area contributed by atoms with E-state index in [0.29, 0.717) is 6.54 Å². The maximum atomic E-state index is 11.2. The van der Waals surface area contributed by atoms with Crippen LogP contribution in [0, 0.1) is 5.92 Å². The highest BCUT2D eigenvalue weighted by molar-refractivity contribution is 5.77. The fourth-order valence-electron chi connectivity index (χ4n) is 1.27. The average molecular weight is 170 g/mol. The molecule has 0 heterocycles. The molecular weight excluding hydrogens is 152 g/mol. The molecule has 0 unspecified atom stereocenters. The minimum Gasteiger partial charge on any atom is -0.354 e. The van der Waals surface area contributed by atoms with Gasteiger partial charge in [0.2, 0.25) is 5.91 Å². The first-order valence-electron chi connectivity index (χ1n) is 4.60. The Kier molecular flexibility index (Phi) is 2.73. The Bertz CT molecular complexity index is 173. The lowest BCUT2D eigenvalue weighted by Crippen LogP contribution is -2.55. The molecule has 1 aliphatic carbocycles. The van der Waals surface area contributed by atoms with Gasteiger partial charge < -0.3 is 11.1 Å². The largest absolute Gasteiger partial charge is 0.354 e. The van der Waals surface area contributed by atoms with E-state index in [4.69, 9.17) is 5.73 Å². The molecule has 3 N–H and O–H groups in total. The summed E-state index contributed by atoms with van der Waals surface area (Å²) >= 11 is 0. The van der Waals surface area contributed by atoms with Gasteiger partial charge in [0.15, 0.2) is 0 Å². The van der Waals surface area contributed by atoms with Gasteiger partial charge in [-0.1, -0.05) is 13.8 Å². The normalized spacial score (nSPS) is 20.3. The fourth-order valence-corrected chi connectivity index (χ4v) is 1.27. The van der Waals surface area contributed by atoms with Crippen molar-refractivity contribution >= 4 is 5.91 Å². The summed E-state index contributed by atoms with van der Waals surface area (Å²) < 4.78 is 0. The molecule has 1 amide bonds. The predicted octanol–water partition coefficient (Wildman–Crippen LogP) is 0.640. The number of nitrogens with two attached hydrogens (primary N) is 1. The zero-order valence-corrected chi connectivity index (χ0v) is 7.89. The molecule has 0 aromatic rings. The minimum absolute atomic E-state index is 0.0636. The van der Waals surface area contributed by atoms with Gasteiger partial charge >= 0.3 is 0 Å². The lowest BCUT2D eigenvalue weighted by atomic mass is 9.78. The molecule has 0 aromatic heterocycles. The molecule has 0 radical (unpaired) electrons. The van der Waals surface area contributed by atoms with Gasteiger partial charge in [0, 0.05) is 18.0 Å². The van der Waals surface area contributed by atoms with Crippen molar-refractivity contribution in [3.8, 4) is 0 Å². The van der Waals surface area contributed by atoms with Gasteiger partial charge in [0.25, 0.3) is 0 Å². The van der Waals surface area contributed by atoms with Gasteiger partial charge in [-0.25, -0.2) is 0 Å². The van der Waals surface area contributed by atoms with Crippen LogP contribution < -0.4 is 11.1 Å². The monoisotopic (exact) mass is 170 g/mol. The van der Waals surface area contributed by atoms with Gasteiger partial charge in [-0.05, 0) is 19.3 Å². The first-order valence-corrected chi connectivity index (χ1v) is 4.60. The predicted molar refractivity (Wildman–Crippen MR) is 48.6 cm³/mol. The summed E-state index contributed by atoms with van der Waals surface area (Å²) in [4.78, 5) is 11.2. The Balaban J connectivity index is 2.21. The van der Waals surface area contributed by atoms with Crippen LogP contribution in [0.25, 0.3) is 0 Å². The summed E-state index contributed by atoms with van der Waals surface area (Å²) in [5.74, 6) is 0.167. The molecule has 12 heavy (non-hydrogen) atoms. The highest BCUT2D eigenvalue weighted by Gasteiger charge is 2.32. The Morgan fingerprint density at radius 3 is 2.50 bits per heavy atom. The number of hydrogen-bond acceptors (Lipinski definition) is 2. The zero-order chi connectivity index (χ0) is 9.19. The van der Waals surface area contributed by atoms with Crippen LogP contribution in [0.2, 0.25) is 0 Å². The second-order valence-electron chi connectivity index (χ2n) is 4.09. The quantitative estimate of drug-likeness (QED) is 0.653. The lowest BCUT2D eigenvalue weighted by Gasteiger charge is -2.38. The van der Waals surface area contributed by atoms with Crippen molar-refractivity contribution < 1.29 is 4.79 Å². The van der Waals surface area contributed by atoms with Crippen LogP contribution in [0.4, 0.5) is 0 Å². The molecule has 0 spiro atoms. The van der Waals surface area contributed by atoms with Gasteiger partial charge in [-0.2, -0.15) is 0 Å². The molecule has 70 valence electrons. The summed E-state index contributed by atoms with van der Waals surface area (Å²) in [5, 5.41) is 2.86. The standard InChI is InChI=1S/C9H18N2O/c1-7(2)8(12)11-6-9(10)4-3-5-9/h7H,3-6,10H2,1-2H3,(H,11,12). The molecule has 1 rings (SSSR count). The first-order chi connectivity index (χ1) is 5.53. The number of carbonyl (C=O) groups excluding carboxylic acids is 1. The molecule has 3 nitrogen and oxygen atoms in total. The molecule has 1 aliphatic rings. The Morgan fingerprint density at radius 1 is 1.58 bits per heavy atom. The zero-order valence-electron chi connectivity index (χ0n) is 7.89. The van der Waals surface area contributed by atoms with Crippen LogP contribution in [0.1, 0.15) is 33.1 Å². The average Bonchev–Trinajstić information content (AvgIpc) is 1.96. The van der Waals surface area contributed by atoms with Gasteiger partial charge in [0.05, 0.1) is 0 Å². The fraction of sp³-hybridized carbons (Fsp3) is 0.889. The van der Waals surface area contributed by atoms with Gasteiger partial charge in [-0.3, -0.25) is 4.79 Å². The molecule has 1 saturated carbocycles. The van der Waals surface area contributed by atoms with E-state index in [2.05, 4.69) is 5.32 Å². The first kappa shape index (κ1) is 9.52. The van der Waals surface area contributed by atoms with Crippen molar-refractivity contribution in [3.05, 3.63) is 0 Å². The van der Waals surface area contributed by atoms with Crippen LogP contribution in [0.5, 0.6) is 0 Å². The highest BCUT2D eigenvalue weighted by atomic mass is 16.1. The molecule has 0 aromatic carbocycles. The van der Waals surface area contributed by atoms with E-state index in [-0.39, 0.29) is 17.4 Å². The molecule has 0 atom stereocenters. The highest BCUT2D eigenvalue weighted by Crippen LogP contribution is 2.27. The molecular formula is C9H18N2O. The van der Waals surface area contributed by atoms with E-state index >= 15 is 0 Å². The summed E-state index contributed by atoms with van der Waals surface area (Å²) in [6, 6.07) is 0. The third-order valence-electron chi connectivity index (χ3n) is 2.49. The third-order valence-corrected chi connectivity index (χ3v) is 2.49. The third kappa shape index (κ3) is 2.21.